The highest BCUT2D eigenvalue weighted by atomic mass is 19.1. The summed E-state index contributed by atoms with van der Waals surface area (Å²) in [5.74, 6) is -1.09. The number of carbonyl (C=O) groups excluding carboxylic acids is 1. The van der Waals surface area contributed by atoms with Gasteiger partial charge in [-0.25, -0.2) is 9.37 Å². The lowest BCUT2D eigenvalue weighted by Crippen LogP contribution is -2.05. The van der Waals surface area contributed by atoms with Crippen LogP contribution in [-0.4, -0.2) is 25.3 Å². The third-order valence-corrected chi connectivity index (χ3v) is 4.36. The van der Waals surface area contributed by atoms with E-state index in [1.165, 1.54) is 6.20 Å². The lowest BCUT2D eigenvalue weighted by Gasteiger charge is -2.07. The molecule has 0 saturated carbocycles. The number of hydrogen-bond donors (Lipinski definition) is 0. The number of Topliss-reactive ketones (excluding diaryl/α,β-unsaturated/α-hetero) is 1. The molecular formula is C21H17FN4O. The minimum Gasteiger partial charge on any atom is -0.331 e. The molecule has 0 atom stereocenters. The first-order valence-electron chi connectivity index (χ1n) is 10.2. The first kappa shape index (κ1) is 12.9. The quantitative estimate of drug-likeness (QED) is 0.515. The first-order chi connectivity index (χ1) is 14.7. The van der Waals surface area contributed by atoms with E-state index in [-0.39, 0.29) is 6.42 Å². The molecule has 0 radical (unpaired) electrons. The van der Waals surface area contributed by atoms with Crippen molar-refractivity contribution in [3.05, 3.63) is 77.8 Å². The lowest BCUT2D eigenvalue weighted by molar-refractivity contribution is 0.0992. The van der Waals surface area contributed by atoms with E-state index in [9.17, 15) is 9.18 Å². The molecule has 134 valence electrons. The molecule has 27 heavy (non-hydrogen) atoms. The summed E-state index contributed by atoms with van der Waals surface area (Å²) >= 11 is 0. The Morgan fingerprint density at radius 2 is 1.89 bits per heavy atom. The fourth-order valence-electron chi connectivity index (χ4n) is 2.77. The third kappa shape index (κ3) is 3.33. The standard InChI is InChI=1S/C21H17FN4O/c1-13-23-12-20(26(13)2)16-7-15-8-18(24-11-19(15)25-10-16)9-21(27)14-3-5-17(22)6-4-14/h3-8,10-12H,9H2,1-2H3/i3D,4D,5D,6D. The van der Waals surface area contributed by atoms with Crippen molar-refractivity contribution in [2.75, 3.05) is 0 Å². The van der Waals surface area contributed by atoms with Crippen molar-refractivity contribution in [3.63, 3.8) is 0 Å². The van der Waals surface area contributed by atoms with E-state index in [0.717, 1.165) is 22.5 Å². The molecule has 0 N–H and O–H groups in total. The lowest BCUT2D eigenvalue weighted by atomic mass is 10.0. The van der Waals surface area contributed by atoms with E-state index < -0.39 is 41.3 Å². The summed E-state index contributed by atoms with van der Waals surface area (Å²) in [7, 11) is 1.90. The van der Waals surface area contributed by atoms with Crippen LogP contribution >= 0.6 is 0 Å². The maximum Gasteiger partial charge on any atom is 0.168 e. The Hall–Kier alpha value is -3.41. The minimum atomic E-state index is -1.28. The van der Waals surface area contributed by atoms with Gasteiger partial charge in [0.25, 0.3) is 0 Å². The van der Waals surface area contributed by atoms with E-state index in [2.05, 4.69) is 15.0 Å². The largest absolute Gasteiger partial charge is 0.331 e. The van der Waals surface area contributed by atoms with E-state index >= 15 is 0 Å². The van der Waals surface area contributed by atoms with Crippen LogP contribution in [0.1, 0.15) is 27.4 Å². The molecule has 3 heterocycles. The number of imidazole rings is 1. The highest BCUT2D eigenvalue weighted by molar-refractivity contribution is 5.97. The van der Waals surface area contributed by atoms with Gasteiger partial charge in [0, 0.05) is 35.5 Å². The van der Waals surface area contributed by atoms with Crippen molar-refractivity contribution in [1.29, 1.82) is 0 Å². The van der Waals surface area contributed by atoms with Gasteiger partial charge in [0.05, 0.1) is 35.5 Å². The van der Waals surface area contributed by atoms with Crippen LogP contribution in [-0.2, 0) is 13.5 Å². The molecular weight excluding hydrogens is 343 g/mol. The average Bonchev–Trinajstić information content (AvgIpc) is 3.09. The number of aromatic nitrogens is 4. The molecule has 0 spiro atoms. The van der Waals surface area contributed by atoms with Gasteiger partial charge in [0.2, 0.25) is 0 Å². The molecule has 0 amide bonds. The molecule has 0 bridgehead atoms. The maximum atomic E-state index is 13.8. The second kappa shape index (κ2) is 6.72. The third-order valence-electron chi connectivity index (χ3n) is 4.36. The van der Waals surface area contributed by atoms with Crippen LogP contribution in [0.5, 0.6) is 0 Å². The Kier molecular flexibility index (Phi) is 3.20. The van der Waals surface area contributed by atoms with Gasteiger partial charge in [-0.2, -0.15) is 0 Å². The molecule has 3 aromatic heterocycles. The van der Waals surface area contributed by atoms with Crippen LogP contribution in [0.2, 0.25) is 0 Å². The molecule has 0 aliphatic rings. The van der Waals surface area contributed by atoms with Crippen molar-refractivity contribution < 1.29 is 14.7 Å². The number of rotatable bonds is 4. The molecule has 4 rings (SSSR count). The van der Waals surface area contributed by atoms with Crippen LogP contribution in [0.3, 0.4) is 0 Å². The van der Waals surface area contributed by atoms with Gasteiger partial charge in [0.15, 0.2) is 5.78 Å². The number of carbonyl (C=O) groups is 1. The molecule has 5 nitrogen and oxygen atoms in total. The van der Waals surface area contributed by atoms with E-state index in [1.54, 1.807) is 18.5 Å². The number of halogens is 1. The number of pyridine rings is 2. The summed E-state index contributed by atoms with van der Waals surface area (Å²) in [6.45, 7) is 1.90. The van der Waals surface area contributed by atoms with Crippen molar-refractivity contribution >= 4 is 16.7 Å². The molecule has 1 aromatic carbocycles. The number of nitrogens with zero attached hydrogens (tertiary/aromatic N) is 4. The van der Waals surface area contributed by atoms with E-state index in [0.29, 0.717) is 11.2 Å². The second-order valence-corrected chi connectivity index (χ2v) is 6.13. The summed E-state index contributed by atoms with van der Waals surface area (Å²) in [4.78, 5) is 25.7. The Morgan fingerprint density at radius 3 is 2.59 bits per heavy atom. The van der Waals surface area contributed by atoms with E-state index in [1.807, 2.05) is 24.6 Å². The molecule has 6 heteroatoms. The number of aryl methyl sites for hydroxylation is 1. The van der Waals surface area contributed by atoms with E-state index in [4.69, 9.17) is 5.48 Å². The summed E-state index contributed by atoms with van der Waals surface area (Å²) in [5.41, 5.74) is 2.28. The predicted octanol–water partition coefficient (Wildman–Crippen LogP) is 3.90. The first-order valence-corrected chi connectivity index (χ1v) is 8.21. The van der Waals surface area contributed by atoms with Crippen molar-refractivity contribution in [1.82, 2.24) is 19.5 Å². The van der Waals surface area contributed by atoms with Crippen LogP contribution in [0.25, 0.3) is 22.2 Å². The smallest absolute Gasteiger partial charge is 0.168 e. The molecule has 0 aliphatic carbocycles. The SMILES string of the molecule is [2H]c1c([2H])c(C(=O)Cc2cc3cc(-c4cnc(C)n4C)cnc3cn2)c([2H])c([2H])c1F. The average molecular weight is 364 g/mol. The maximum absolute atomic E-state index is 13.8. The minimum absolute atomic E-state index is 0.257. The number of ketones is 1. The van der Waals surface area contributed by atoms with Gasteiger partial charge >= 0.3 is 0 Å². The summed E-state index contributed by atoms with van der Waals surface area (Å²) < 4.78 is 46.6. The Labute approximate surface area is 161 Å². The van der Waals surface area contributed by atoms with Gasteiger partial charge in [-0.15, -0.1) is 0 Å². The van der Waals surface area contributed by atoms with Crippen LogP contribution in [0.4, 0.5) is 4.39 Å². The highest BCUT2D eigenvalue weighted by Crippen LogP contribution is 2.23. The Bertz CT molecular complexity index is 1340. The molecule has 0 fully saturated rings. The van der Waals surface area contributed by atoms with Crippen molar-refractivity contribution in [2.45, 2.75) is 13.3 Å². The van der Waals surface area contributed by atoms with Gasteiger partial charge in [-0.3, -0.25) is 14.8 Å². The number of hydrogen-bond acceptors (Lipinski definition) is 4. The summed E-state index contributed by atoms with van der Waals surface area (Å²) in [6.07, 6.45) is 4.73. The fourth-order valence-corrected chi connectivity index (χ4v) is 2.77. The zero-order valence-corrected chi connectivity index (χ0v) is 14.7. The number of fused-ring (bicyclic) bond motifs is 1. The van der Waals surface area contributed by atoms with Crippen LogP contribution in [0, 0.1) is 12.7 Å². The number of benzene rings is 1. The zero-order chi connectivity index (χ0) is 22.4. The van der Waals surface area contributed by atoms with Gasteiger partial charge in [0.1, 0.15) is 11.6 Å². The van der Waals surface area contributed by atoms with Crippen LogP contribution in [0.15, 0.2) is 54.9 Å². The van der Waals surface area contributed by atoms with Gasteiger partial charge in [-0.05, 0) is 43.2 Å². The monoisotopic (exact) mass is 364 g/mol. The topological polar surface area (TPSA) is 60.7 Å². The Balaban J connectivity index is 1.71. The fraction of sp³-hybridized carbons (Fsp3) is 0.143. The molecule has 0 aliphatic heterocycles. The van der Waals surface area contributed by atoms with Gasteiger partial charge in [-0.1, -0.05) is 0 Å². The van der Waals surface area contributed by atoms with Gasteiger partial charge < -0.3 is 4.57 Å². The molecule has 0 saturated heterocycles. The normalized spacial score (nSPS) is 13.1. The molecule has 0 unspecified atom stereocenters. The summed E-state index contributed by atoms with van der Waals surface area (Å²) in [5, 5.41) is 0.743. The molecule has 4 aromatic rings. The predicted molar refractivity (Wildman–Crippen MR) is 101 cm³/mol. The summed E-state index contributed by atoms with van der Waals surface area (Å²) in [6, 6.07) is 0.474. The highest BCUT2D eigenvalue weighted by Gasteiger charge is 2.11. The van der Waals surface area contributed by atoms with Crippen molar-refractivity contribution in [3.8, 4) is 11.3 Å². The van der Waals surface area contributed by atoms with Crippen LogP contribution < -0.4 is 0 Å². The van der Waals surface area contributed by atoms with Crippen molar-refractivity contribution in [2.24, 2.45) is 7.05 Å². The Morgan fingerprint density at radius 1 is 1.11 bits per heavy atom. The second-order valence-electron chi connectivity index (χ2n) is 6.13. The zero-order valence-electron chi connectivity index (χ0n) is 18.7.